The second-order valence-electron chi connectivity index (χ2n) is 3.61. The Morgan fingerprint density at radius 3 is 2.47 bits per heavy atom. The molecular formula is C12H15ClN2O2. The summed E-state index contributed by atoms with van der Waals surface area (Å²) in [5.41, 5.74) is 0.997. The van der Waals surface area contributed by atoms with E-state index < -0.39 is 6.04 Å². The van der Waals surface area contributed by atoms with Gasteiger partial charge in [0.05, 0.1) is 5.88 Å². The number of alkyl halides is 1. The third-order valence-electron chi connectivity index (χ3n) is 2.16. The molecule has 5 heteroatoms. The van der Waals surface area contributed by atoms with Crippen LogP contribution in [0.1, 0.15) is 12.5 Å². The zero-order chi connectivity index (χ0) is 12.7. The zero-order valence-corrected chi connectivity index (χ0v) is 10.3. The smallest absolute Gasteiger partial charge is 0.244 e. The fourth-order valence-electron chi connectivity index (χ4n) is 1.33. The number of hydrogen-bond acceptors (Lipinski definition) is 2. The van der Waals surface area contributed by atoms with Gasteiger partial charge in [-0.3, -0.25) is 9.59 Å². The van der Waals surface area contributed by atoms with Gasteiger partial charge in [0.2, 0.25) is 11.8 Å². The van der Waals surface area contributed by atoms with Gasteiger partial charge in [-0.15, -0.1) is 11.6 Å². The Bertz CT molecular complexity index is 381. The van der Waals surface area contributed by atoms with Crippen molar-refractivity contribution < 1.29 is 9.59 Å². The summed E-state index contributed by atoms with van der Waals surface area (Å²) in [6, 6.07) is 8.84. The summed E-state index contributed by atoms with van der Waals surface area (Å²) in [7, 11) is 0. The molecule has 0 fully saturated rings. The molecule has 1 aromatic carbocycles. The number of carbonyl (C=O) groups excluding carboxylic acids is 2. The first-order chi connectivity index (χ1) is 8.13. The molecule has 0 aliphatic rings. The largest absolute Gasteiger partial charge is 0.350 e. The lowest BCUT2D eigenvalue weighted by molar-refractivity contribution is -0.127. The predicted octanol–water partition coefficient (Wildman–Crippen LogP) is 1.05. The van der Waals surface area contributed by atoms with Crippen molar-refractivity contribution in [3.63, 3.8) is 0 Å². The fraction of sp³-hybridized carbons (Fsp3) is 0.333. The Morgan fingerprint density at radius 1 is 1.29 bits per heavy atom. The number of halogens is 1. The van der Waals surface area contributed by atoms with E-state index in [1.165, 1.54) is 6.92 Å². The minimum Gasteiger partial charge on any atom is -0.350 e. The molecule has 0 saturated carbocycles. The van der Waals surface area contributed by atoms with E-state index in [0.29, 0.717) is 6.54 Å². The topological polar surface area (TPSA) is 58.2 Å². The SMILES string of the molecule is CC(=O)NC(CCl)C(=O)NCc1ccccc1. The van der Waals surface area contributed by atoms with Gasteiger partial charge in [-0.25, -0.2) is 0 Å². The van der Waals surface area contributed by atoms with Crippen molar-refractivity contribution in [1.82, 2.24) is 10.6 Å². The maximum Gasteiger partial charge on any atom is 0.244 e. The Hall–Kier alpha value is -1.55. The molecule has 1 unspecified atom stereocenters. The van der Waals surface area contributed by atoms with Crippen LogP contribution in [0.3, 0.4) is 0 Å². The molecule has 0 radical (unpaired) electrons. The Labute approximate surface area is 105 Å². The van der Waals surface area contributed by atoms with E-state index >= 15 is 0 Å². The van der Waals surface area contributed by atoms with Crippen LogP contribution in [0.4, 0.5) is 0 Å². The van der Waals surface area contributed by atoms with Crippen LogP contribution in [-0.2, 0) is 16.1 Å². The number of carbonyl (C=O) groups is 2. The molecule has 0 spiro atoms. The molecule has 92 valence electrons. The summed E-state index contributed by atoms with van der Waals surface area (Å²) in [6.45, 7) is 1.77. The number of hydrogen-bond donors (Lipinski definition) is 2. The number of benzene rings is 1. The third-order valence-corrected chi connectivity index (χ3v) is 2.47. The van der Waals surface area contributed by atoms with E-state index in [1.54, 1.807) is 0 Å². The van der Waals surface area contributed by atoms with Crippen LogP contribution in [0.2, 0.25) is 0 Å². The summed E-state index contributed by atoms with van der Waals surface area (Å²) in [5, 5.41) is 5.20. The molecule has 17 heavy (non-hydrogen) atoms. The van der Waals surface area contributed by atoms with Gasteiger partial charge in [0, 0.05) is 13.5 Å². The Kier molecular flexibility index (Phi) is 5.49. The van der Waals surface area contributed by atoms with E-state index in [1.807, 2.05) is 30.3 Å². The number of amides is 2. The maximum absolute atomic E-state index is 11.7. The zero-order valence-electron chi connectivity index (χ0n) is 9.57. The second-order valence-corrected chi connectivity index (χ2v) is 3.92. The molecule has 1 aromatic rings. The molecule has 1 atom stereocenters. The maximum atomic E-state index is 11.7. The van der Waals surface area contributed by atoms with Crippen molar-refractivity contribution >= 4 is 23.4 Å². The van der Waals surface area contributed by atoms with E-state index in [9.17, 15) is 9.59 Å². The van der Waals surface area contributed by atoms with Gasteiger partial charge in [0.15, 0.2) is 0 Å². The lowest BCUT2D eigenvalue weighted by atomic mass is 10.2. The molecule has 0 bridgehead atoms. The monoisotopic (exact) mass is 254 g/mol. The first kappa shape index (κ1) is 13.5. The highest BCUT2D eigenvalue weighted by molar-refractivity contribution is 6.20. The number of nitrogens with one attached hydrogen (secondary N) is 2. The molecule has 0 aromatic heterocycles. The normalized spacial score (nSPS) is 11.6. The molecule has 1 rings (SSSR count). The fourth-order valence-corrected chi connectivity index (χ4v) is 1.55. The lowest BCUT2D eigenvalue weighted by Gasteiger charge is -2.14. The van der Waals surface area contributed by atoms with Gasteiger partial charge in [0.1, 0.15) is 6.04 Å². The van der Waals surface area contributed by atoms with Gasteiger partial charge in [-0.2, -0.15) is 0 Å². The quantitative estimate of drug-likeness (QED) is 0.772. The summed E-state index contributed by atoms with van der Waals surface area (Å²) in [4.78, 5) is 22.5. The van der Waals surface area contributed by atoms with Crippen molar-refractivity contribution in [1.29, 1.82) is 0 Å². The van der Waals surface area contributed by atoms with Crippen molar-refractivity contribution in [3.05, 3.63) is 35.9 Å². The number of rotatable bonds is 5. The third kappa shape index (κ3) is 4.87. The highest BCUT2D eigenvalue weighted by atomic mass is 35.5. The van der Waals surface area contributed by atoms with Crippen LogP contribution >= 0.6 is 11.6 Å². The molecule has 0 aliphatic heterocycles. The first-order valence-electron chi connectivity index (χ1n) is 5.28. The standard InChI is InChI=1S/C12H15ClN2O2/c1-9(16)15-11(7-13)12(17)14-8-10-5-3-2-4-6-10/h2-6,11H,7-8H2,1H3,(H,14,17)(H,15,16). The van der Waals surface area contributed by atoms with Crippen molar-refractivity contribution in [2.45, 2.75) is 19.5 Å². The molecular weight excluding hydrogens is 240 g/mol. The minimum absolute atomic E-state index is 0.0558. The van der Waals surface area contributed by atoms with Crippen molar-refractivity contribution in [2.24, 2.45) is 0 Å². The van der Waals surface area contributed by atoms with E-state index in [0.717, 1.165) is 5.56 Å². The summed E-state index contributed by atoms with van der Waals surface area (Å²) in [5.74, 6) is -0.496. The average molecular weight is 255 g/mol. The molecule has 0 saturated heterocycles. The Balaban J connectivity index is 2.45. The van der Waals surface area contributed by atoms with Crippen molar-refractivity contribution in [2.75, 3.05) is 5.88 Å². The minimum atomic E-state index is -0.683. The van der Waals surface area contributed by atoms with Crippen molar-refractivity contribution in [3.8, 4) is 0 Å². The Morgan fingerprint density at radius 2 is 1.94 bits per heavy atom. The highest BCUT2D eigenvalue weighted by Gasteiger charge is 2.17. The molecule has 2 amide bonds. The summed E-state index contributed by atoms with van der Waals surface area (Å²) < 4.78 is 0. The van der Waals surface area contributed by atoms with Crippen LogP contribution in [0.5, 0.6) is 0 Å². The molecule has 0 heterocycles. The lowest BCUT2D eigenvalue weighted by Crippen LogP contribution is -2.47. The first-order valence-corrected chi connectivity index (χ1v) is 5.81. The molecule has 4 nitrogen and oxygen atoms in total. The van der Waals surface area contributed by atoms with E-state index in [-0.39, 0.29) is 17.7 Å². The predicted molar refractivity (Wildman–Crippen MR) is 66.6 cm³/mol. The molecule has 2 N–H and O–H groups in total. The van der Waals surface area contributed by atoms with Crippen LogP contribution < -0.4 is 10.6 Å². The van der Waals surface area contributed by atoms with Gasteiger partial charge in [-0.05, 0) is 5.56 Å². The van der Waals surface area contributed by atoms with Crippen LogP contribution in [0, 0.1) is 0 Å². The second kappa shape index (κ2) is 6.91. The molecule has 0 aliphatic carbocycles. The van der Waals surface area contributed by atoms with E-state index in [2.05, 4.69) is 10.6 Å². The summed E-state index contributed by atoms with van der Waals surface area (Å²) >= 11 is 5.61. The average Bonchev–Trinajstić information content (AvgIpc) is 2.34. The van der Waals surface area contributed by atoms with Crippen LogP contribution in [0.15, 0.2) is 30.3 Å². The van der Waals surface area contributed by atoms with Gasteiger partial charge in [0.25, 0.3) is 0 Å². The van der Waals surface area contributed by atoms with Gasteiger partial charge >= 0.3 is 0 Å². The van der Waals surface area contributed by atoms with E-state index in [4.69, 9.17) is 11.6 Å². The van der Waals surface area contributed by atoms with Gasteiger partial charge in [-0.1, -0.05) is 30.3 Å². The summed E-state index contributed by atoms with van der Waals surface area (Å²) in [6.07, 6.45) is 0. The van der Waals surface area contributed by atoms with Crippen LogP contribution in [-0.4, -0.2) is 23.7 Å². The highest BCUT2D eigenvalue weighted by Crippen LogP contribution is 1.98. The van der Waals surface area contributed by atoms with Gasteiger partial charge < -0.3 is 10.6 Å². The van der Waals surface area contributed by atoms with Crippen LogP contribution in [0.25, 0.3) is 0 Å².